The highest BCUT2D eigenvalue weighted by Crippen LogP contribution is 2.27. The maximum atomic E-state index is 11.1. The molecule has 2 aromatic heterocycles. The molecule has 2 heterocycles. The Morgan fingerprint density at radius 1 is 1.52 bits per heavy atom. The molecule has 0 amide bonds. The third-order valence-corrected chi connectivity index (χ3v) is 3.83. The summed E-state index contributed by atoms with van der Waals surface area (Å²) in [5.74, 6) is 5.64. The number of hydrogen-bond acceptors (Lipinski definition) is 9. The fraction of sp³-hybridized carbons (Fsp3) is 0.364. The highest BCUT2D eigenvalue weighted by molar-refractivity contribution is 7.09. The molecule has 0 aliphatic carbocycles. The second-order valence-corrected chi connectivity index (χ2v) is 5.31. The van der Waals surface area contributed by atoms with Crippen molar-refractivity contribution in [3.8, 4) is 0 Å². The van der Waals surface area contributed by atoms with Crippen LogP contribution in [0.4, 0.5) is 17.5 Å². The molecular weight excluding hydrogens is 294 g/mol. The van der Waals surface area contributed by atoms with Crippen LogP contribution in [0.15, 0.2) is 11.6 Å². The molecule has 112 valence electrons. The van der Waals surface area contributed by atoms with E-state index in [1.165, 1.54) is 18.3 Å². The molecule has 0 bridgehead atoms. The largest absolute Gasteiger partial charge is 0.363 e. The zero-order valence-electron chi connectivity index (χ0n) is 11.5. The van der Waals surface area contributed by atoms with Gasteiger partial charge in [-0.25, -0.2) is 15.8 Å². The van der Waals surface area contributed by atoms with Gasteiger partial charge in [0.2, 0.25) is 11.8 Å². The van der Waals surface area contributed by atoms with Gasteiger partial charge in [-0.15, -0.1) is 11.3 Å². The number of hydrazine groups is 1. The molecule has 1 atom stereocenters. The van der Waals surface area contributed by atoms with Crippen LogP contribution in [0.2, 0.25) is 0 Å². The van der Waals surface area contributed by atoms with Crippen molar-refractivity contribution >= 4 is 28.8 Å². The van der Waals surface area contributed by atoms with Crippen LogP contribution < -0.4 is 16.6 Å². The second-order valence-electron chi connectivity index (χ2n) is 4.38. The van der Waals surface area contributed by atoms with Crippen molar-refractivity contribution in [2.75, 3.05) is 17.3 Å². The number of nitrogens with one attached hydrogen (secondary N) is 2. The van der Waals surface area contributed by atoms with Crippen molar-refractivity contribution in [2.24, 2.45) is 5.84 Å². The summed E-state index contributed by atoms with van der Waals surface area (Å²) in [6.45, 7) is 3.98. The van der Waals surface area contributed by atoms with Gasteiger partial charge in [-0.1, -0.05) is 6.92 Å². The number of nitrogens with two attached hydrogens (primary N) is 1. The lowest BCUT2D eigenvalue weighted by atomic mass is 10.2. The van der Waals surface area contributed by atoms with Gasteiger partial charge in [0.1, 0.15) is 5.69 Å². The van der Waals surface area contributed by atoms with Gasteiger partial charge in [-0.05, 0) is 6.92 Å². The second kappa shape index (κ2) is 6.41. The minimum absolute atomic E-state index is 0.106. The van der Waals surface area contributed by atoms with Gasteiger partial charge in [-0.2, -0.15) is 4.98 Å². The minimum Gasteiger partial charge on any atom is -0.363 e. The van der Waals surface area contributed by atoms with Crippen LogP contribution in [-0.4, -0.2) is 26.4 Å². The van der Waals surface area contributed by atoms with Gasteiger partial charge in [-0.3, -0.25) is 15.5 Å². The van der Waals surface area contributed by atoms with Gasteiger partial charge < -0.3 is 5.32 Å². The molecule has 0 saturated carbocycles. The lowest BCUT2D eigenvalue weighted by Gasteiger charge is -2.12. The third kappa shape index (κ3) is 3.41. The Morgan fingerprint density at radius 2 is 2.29 bits per heavy atom. The van der Waals surface area contributed by atoms with E-state index in [1.54, 1.807) is 6.20 Å². The summed E-state index contributed by atoms with van der Waals surface area (Å²) in [5.41, 5.74) is 2.38. The summed E-state index contributed by atoms with van der Waals surface area (Å²) in [7, 11) is 0. The maximum Gasteiger partial charge on any atom is 0.332 e. The molecule has 10 heteroatoms. The quantitative estimate of drug-likeness (QED) is 0.417. The first-order chi connectivity index (χ1) is 10.0. The van der Waals surface area contributed by atoms with Gasteiger partial charge in [0.05, 0.1) is 9.93 Å². The molecule has 0 radical (unpaired) electrons. The van der Waals surface area contributed by atoms with E-state index in [9.17, 15) is 10.1 Å². The summed E-state index contributed by atoms with van der Waals surface area (Å²) < 4.78 is 0. The van der Waals surface area contributed by atoms with Gasteiger partial charge in [0.15, 0.2) is 0 Å². The maximum absolute atomic E-state index is 11.1. The van der Waals surface area contributed by atoms with Crippen LogP contribution in [0, 0.1) is 17.0 Å². The average Bonchev–Trinajstić information content (AvgIpc) is 2.97. The van der Waals surface area contributed by atoms with Gasteiger partial charge >= 0.3 is 5.69 Å². The highest BCUT2D eigenvalue weighted by Gasteiger charge is 2.22. The van der Waals surface area contributed by atoms with Crippen LogP contribution in [0.3, 0.4) is 0 Å². The molecule has 0 saturated heterocycles. The van der Waals surface area contributed by atoms with Gasteiger partial charge in [0, 0.05) is 24.0 Å². The number of aryl methyl sites for hydroxylation is 1. The van der Waals surface area contributed by atoms with E-state index in [4.69, 9.17) is 5.84 Å². The Bertz CT molecular complexity index is 632. The van der Waals surface area contributed by atoms with Crippen LogP contribution in [0.1, 0.15) is 23.5 Å². The van der Waals surface area contributed by atoms with E-state index < -0.39 is 4.92 Å². The van der Waals surface area contributed by atoms with Crippen LogP contribution in [-0.2, 0) is 0 Å². The Kier molecular flexibility index (Phi) is 4.60. The zero-order chi connectivity index (χ0) is 15.4. The number of hydrogen-bond donors (Lipinski definition) is 3. The van der Waals surface area contributed by atoms with Crippen molar-refractivity contribution in [3.63, 3.8) is 0 Å². The smallest absolute Gasteiger partial charge is 0.332 e. The number of nitrogen functional groups attached to an aromatic ring is 1. The highest BCUT2D eigenvalue weighted by atomic mass is 32.1. The van der Waals surface area contributed by atoms with E-state index >= 15 is 0 Å². The third-order valence-electron chi connectivity index (χ3n) is 2.82. The lowest BCUT2D eigenvalue weighted by Crippen LogP contribution is -2.16. The van der Waals surface area contributed by atoms with E-state index in [2.05, 4.69) is 25.7 Å². The number of nitro groups is 1. The first-order valence-electron chi connectivity index (χ1n) is 6.15. The Balaban J connectivity index is 2.22. The number of nitrogens with zero attached hydrogens (tertiary/aromatic N) is 4. The minimum atomic E-state index is -0.508. The van der Waals surface area contributed by atoms with E-state index in [0.717, 1.165) is 5.01 Å². The van der Waals surface area contributed by atoms with Crippen LogP contribution in [0.25, 0.3) is 0 Å². The predicted octanol–water partition coefficient (Wildman–Crippen LogP) is 1.65. The molecule has 0 aromatic carbocycles. The Labute approximate surface area is 124 Å². The fourth-order valence-electron chi connectivity index (χ4n) is 1.79. The van der Waals surface area contributed by atoms with Gasteiger partial charge in [0.25, 0.3) is 0 Å². The molecule has 2 rings (SSSR count). The number of anilines is 2. The molecule has 0 aliphatic heterocycles. The van der Waals surface area contributed by atoms with E-state index in [-0.39, 0.29) is 29.1 Å². The molecule has 0 aliphatic rings. The average molecular weight is 309 g/mol. The first kappa shape index (κ1) is 15.1. The van der Waals surface area contributed by atoms with Crippen molar-refractivity contribution < 1.29 is 4.92 Å². The molecular formula is C11H15N7O2S. The summed E-state index contributed by atoms with van der Waals surface area (Å²) in [6, 6.07) is 0. The number of thiazole rings is 1. The monoisotopic (exact) mass is 309 g/mol. The van der Waals surface area contributed by atoms with Crippen LogP contribution in [0.5, 0.6) is 0 Å². The summed E-state index contributed by atoms with van der Waals surface area (Å²) >= 11 is 1.54. The Hall–Kier alpha value is -2.33. The molecule has 1 unspecified atom stereocenters. The standard InChI is InChI=1S/C11H15N7O2S/c1-6(10-13-3-4-21-10)5-14-9-8(18(19)20)7(2)15-11(16-9)17-12/h3-4,6H,5,12H2,1-2H3,(H2,14,15,16,17). The molecule has 4 N–H and O–H groups in total. The molecule has 0 spiro atoms. The topological polar surface area (TPSA) is 132 Å². The summed E-state index contributed by atoms with van der Waals surface area (Å²) in [4.78, 5) is 22.8. The molecule has 2 aromatic rings. The van der Waals surface area contributed by atoms with Crippen LogP contribution >= 0.6 is 11.3 Å². The van der Waals surface area contributed by atoms with Crippen molar-refractivity contribution in [1.29, 1.82) is 0 Å². The predicted molar refractivity (Wildman–Crippen MR) is 80.3 cm³/mol. The summed E-state index contributed by atoms with van der Waals surface area (Å²) in [5, 5.41) is 17.0. The number of rotatable bonds is 6. The van der Waals surface area contributed by atoms with E-state index in [0.29, 0.717) is 6.54 Å². The fourth-order valence-corrected chi connectivity index (χ4v) is 2.49. The normalized spacial score (nSPS) is 12.0. The van der Waals surface area contributed by atoms with Crippen molar-refractivity contribution in [3.05, 3.63) is 32.4 Å². The molecule has 0 fully saturated rings. The number of aromatic nitrogens is 3. The van der Waals surface area contributed by atoms with Crippen molar-refractivity contribution in [1.82, 2.24) is 15.0 Å². The molecule has 21 heavy (non-hydrogen) atoms. The van der Waals surface area contributed by atoms with Crippen molar-refractivity contribution in [2.45, 2.75) is 19.8 Å². The Morgan fingerprint density at radius 3 is 2.86 bits per heavy atom. The molecule has 9 nitrogen and oxygen atoms in total. The SMILES string of the molecule is Cc1nc(NN)nc(NCC(C)c2nccs2)c1[N+](=O)[O-]. The van der Waals surface area contributed by atoms with E-state index in [1.807, 2.05) is 12.3 Å². The zero-order valence-corrected chi connectivity index (χ0v) is 12.3. The first-order valence-corrected chi connectivity index (χ1v) is 7.03. The lowest BCUT2D eigenvalue weighted by molar-refractivity contribution is -0.385. The summed E-state index contributed by atoms with van der Waals surface area (Å²) in [6.07, 6.45) is 1.73.